The van der Waals surface area contributed by atoms with E-state index in [9.17, 15) is 4.79 Å². The van der Waals surface area contributed by atoms with Gasteiger partial charge in [0.2, 0.25) is 0 Å². The van der Waals surface area contributed by atoms with Crippen LogP contribution in [0.1, 0.15) is 12.0 Å². The van der Waals surface area contributed by atoms with Crippen molar-refractivity contribution in [3.8, 4) is 0 Å². The summed E-state index contributed by atoms with van der Waals surface area (Å²) in [6, 6.07) is 4.58. The Morgan fingerprint density at radius 1 is 1.40 bits per heavy atom. The van der Waals surface area contributed by atoms with Crippen LogP contribution in [0.2, 0.25) is 10.0 Å². The Hall–Kier alpha value is -1.43. The molecule has 0 aliphatic carbocycles. The van der Waals surface area contributed by atoms with Crippen molar-refractivity contribution >= 4 is 34.9 Å². The van der Waals surface area contributed by atoms with Crippen LogP contribution in [0.5, 0.6) is 0 Å². The van der Waals surface area contributed by atoms with Crippen LogP contribution < -0.4 is 16.4 Å². The van der Waals surface area contributed by atoms with Gasteiger partial charge in [0.25, 0.3) is 0 Å². The maximum Gasteiger partial charge on any atom is 0.320 e. The monoisotopic (exact) mass is 315 g/mol. The molecule has 5 nitrogen and oxygen atoms in total. The van der Waals surface area contributed by atoms with E-state index in [1.165, 1.54) is 0 Å². The van der Waals surface area contributed by atoms with E-state index < -0.39 is 12.0 Å². The molecule has 2 atom stereocenters. The molecule has 1 fully saturated rings. The Kier molecular flexibility index (Phi) is 4.75. The average molecular weight is 316 g/mol. The van der Waals surface area contributed by atoms with E-state index in [0.717, 1.165) is 5.56 Å². The number of hydrogen-bond acceptors (Lipinski definition) is 4. The molecular formula is C13H15Cl2N3O2. The van der Waals surface area contributed by atoms with Crippen molar-refractivity contribution in [3.05, 3.63) is 40.0 Å². The van der Waals surface area contributed by atoms with Crippen LogP contribution in [-0.4, -0.2) is 29.7 Å². The van der Waals surface area contributed by atoms with Crippen LogP contribution in [0, 0.1) is 0 Å². The van der Waals surface area contributed by atoms with Crippen LogP contribution in [0.4, 0.5) is 0 Å². The minimum atomic E-state index is -0.840. The van der Waals surface area contributed by atoms with Crippen molar-refractivity contribution in [1.29, 1.82) is 0 Å². The predicted molar refractivity (Wildman–Crippen MR) is 79.6 cm³/mol. The van der Waals surface area contributed by atoms with Gasteiger partial charge in [0.1, 0.15) is 6.04 Å². The molecule has 0 aromatic heterocycles. The fourth-order valence-electron chi connectivity index (χ4n) is 2.06. The number of hydrogen-bond donors (Lipinski definition) is 4. The fourth-order valence-corrected chi connectivity index (χ4v) is 2.59. The number of carboxylic acid groups (broad SMARTS) is 1. The molecule has 0 saturated carbocycles. The van der Waals surface area contributed by atoms with E-state index in [4.69, 9.17) is 34.0 Å². The summed E-state index contributed by atoms with van der Waals surface area (Å²) in [5.74, 6) is -0.840. The second-order valence-corrected chi connectivity index (χ2v) is 5.53. The Bertz CT molecular complexity index is 528. The minimum Gasteiger partial charge on any atom is -0.480 e. The molecule has 0 radical (unpaired) electrons. The lowest BCUT2D eigenvalue weighted by Gasteiger charge is -2.10. The predicted octanol–water partition coefficient (Wildman–Crippen LogP) is 1.66. The van der Waals surface area contributed by atoms with Crippen LogP contribution >= 0.6 is 23.2 Å². The summed E-state index contributed by atoms with van der Waals surface area (Å²) in [4.78, 5) is 10.8. The molecule has 1 aromatic rings. The number of nitrogens with two attached hydrogens (primary N) is 1. The van der Waals surface area contributed by atoms with Crippen LogP contribution in [0.15, 0.2) is 24.4 Å². The summed E-state index contributed by atoms with van der Waals surface area (Å²) in [6.45, 7) is 0.580. The molecule has 20 heavy (non-hydrogen) atoms. The smallest absolute Gasteiger partial charge is 0.320 e. The quantitative estimate of drug-likeness (QED) is 0.678. The van der Waals surface area contributed by atoms with Crippen molar-refractivity contribution in [1.82, 2.24) is 10.6 Å². The van der Waals surface area contributed by atoms with Gasteiger partial charge in [-0.2, -0.15) is 0 Å². The normalized spacial score (nSPS) is 22.8. The molecule has 5 N–H and O–H groups in total. The summed E-state index contributed by atoms with van der Waals surface area (Å²) < 4.78 is 0. The van der Waals surface area contributed by atoms with Gasteiger partial charge in [-0.25, -0.2) is 0 Å². The highest BCUT2D eigenvalue weighted by atomic mass is 35.5. The molecule has 0 amide bonds. The molecule has 2 unspecified atom stereocenters. The molecule has 108 valence electrons. The van der Waals surface area contributed by atoms with Crippen molar-refractivity contribution in [3.63, 3.8) is 0 Å². The highest BCUT2D eigenvalue weighted by Crippen LogP contribution is 2.22. The number of aliphatic carboxylic acids is 1. The zero-order chi connectivity index (χ0) is 14.7. The van der Waals surface area contributed by atoms with E-state index in [1.807, 2.05) is 0 Å². The molecular weight excluding hydrogens is 301 g/mol. The first-order valence-corrected chi connectivity index (χ1v) is 6.85. The zero-order valence-electron chi connectivity index (χ0n) is 10.6. The zero-order valence-corrected chi connectivity index (χ0v) is 12.1. The van der Waals surface area contributed by atoms with Crippen molar-refractivity contribution < 1.29 is 9.90 Å². The van der Waals surface area contributed by atoms with Gasteiger partial charge in [0.15, 0.2) is 0 Å². The number of halogens is 2. The number of carbonyl (C=O) groups is 1. The lowest BCUT2D eigenvalue weighted by molar-refractivity contribution is -0.139. The average Bonchev–Trinajstić information content (AvgIpc) is 2.83. The number of benzene rings is 1. The first kappa shape index (κ1) is 15.0. The lowest BCUT2D eigenvalue weighted by atomic mass is 10.1. The first-order valence-electron chi connectivity index (χ1n) is 6.10. The molecule has 0 bridgehead atoms. The maximum atomic E-state index is 10.8. The molecule has 1 aliphatic heterocycles. The topological polar surface area (TPSA) is 87.4 Å². The first-order chi connectivity index (χ1) is 9.45. The largest absolute Gasteiger partial charge is 0.480 e. The lowest BCUT2D eigenvalue weighted by Crippen LogP contribution is -2.30. The summed E-state index contributed by atoms with van der Waals surface area (Å²) in [5.41, 5.74) is 7.16. The molecule has 1 heterocycles. The van der Waals surface area contributed by atoms with Crippen LogP contribution in [0.3, 0.4) is 0 Å². The number of nitrogens with one attached hydrogen (secondary N) is 2. The number of rotatable bonds is 4. The second-order valence-electron chi connectivity index (χ2n) is 4.66. The van der Waals surface area contributed by atoms with Crippen LogP contribution in [-0.2, 0) is 4.79 Å². The summed E-state index contributed by atoms with van der Waals surface area (Å²) in [7, 11) is 0. The second kappa shape index (κ2) is 6.35. The Balaban J connectivity index is 1.99. The van der Waals surface area contributed by atoms with Gasteiger partial charge >= 0.3 is 5.97 Å². The molecule has 0 spiro atoms. The van der Waals surface area contributed by atoms with E-state index in [-0.39, 0.29) is 6.04 Å². The molecule has 1 aromatic carbocycles. The van der Waals surface area contributed by atoms with Gasteiger partial charge in [-0.3, -0.25) is 4.79 Å². The van der Waals surface area contributed by atoms with E-state index in [0.29, 0.717) is 28.7 Å². The minimum absolute atomic E-state index is 0.0318. The van der Waals surface area contributed by atoms with Crippen molar-refractivity contribution in [2.45, 2.75) is 18.5 Å². The van der Waals surface area contributed by atoms with Gasteiger partial charge in [-0.1, -0.05) is 23.2 Å². The van der Waals surface area contributed by atoms with Crippen molar-refractivity contribution in [2.75, 3.05) is 6.54 Å². The van der Waals surface area contributed by atoms with Gasteiger partial charge in [0, 0.05) is 34.4 Å². The van der Waals surface area contributed by atoms with Crippen LogP contribution in [0.25, 0.3) is 5.70 Å². The maximum absolute atomic E-state index is 10.8. The highest BCUT2D eigenvalue weighted by molar-refractivity contribution is 6.34. The Morgan fingerprint density at radius 3 is 2.60 bits per heavy atom. The Labute approximate surface area is 126 Å². The SMILES string of the molecule is N/C(=C\NC1CNC(C(=O)O)C1)c1cc(Cl)cc(Cl)c1. The van der Waals surface area contributed by atoms with Gasteiger partial charge in [-0.05, 0) is 24.6 Å². The van der Waals surface area contributed by atoms with E-state index in [1.54, 1.807) is 24.4 Å². The molecule has 1 aliphatic rings. The van der Waals surface area contributed by atoms with Gasteiger partial charge in [-0.15, -0.1) is 0 Å². The van der Waals surface area contributed by atoms with Crippen molar-refractivity contribution in [2.24, 2.45) is 5.73 Å². The highest BCUT2D eigenvalue weighted by Gasteiger charge is 2.28. The summed E-state index contributed by atoms with van der Waals surface area (Å²) >= 11 is 11.8. The van der Waals surface area contributed by atoms with Gasteiger partial charge in [0.05, 0.1) is 5.70 Å². The standard InChI is InChI=1S/C13H15Cl2N3O2/c14-8-1-7(2-9(15)3-8)11(16)6-17-10-4-12(13(19)20)18-5-10/h1-3,6,10,12,17-18H,4-5,16H2,(H,19,20)/b11-6-. The molecule has 7 heteroatoms. The van der Waals surface area contributed by atoms with E-state index in [2.05, 4.69) is 10.6 Å². The fraction of sp³-hybridized carbons (Fsp3) is 0.308. The third-order valence-electron chi connectivity index (χ3n) is 3.10. The molecule has 2 rings (SSSR count). The van der Waals surface area contributed by atoms with E-state index >= 15 is 0 Å². The third kappa shape index (κ3) is 3.79. The summed E-state index contributed by atoms with van der Waals surface area (Å²) in [6.07, 6.45) is 2.16. The Morgan fingerprint density at radius 2 is 2.05 bits per heavy atom. The third-order valence-corrected chi connectivity index (χ3v) is 3.54. The van der Waals surface area contributed by atoms with Gasteiger partial charge < -0.3 is 21.5 Å². The summed E-state index contributed by atoms with van der Waals surface area (Å²) in [5, 5.41) is 15.9. The molecule has 1 saturated heterocycles. The number of carboxylic acids is 1.